The highest BCUT2D eigenvalue weighted by Gasteiger charge is 2.54. The van der Waals surface area contributed by atoms with Gasteiger partial charge in [-0.3, -0.25) is 23.7 Å². The number of aromatic nitrogens is 4. The fourth-order valence-electron chi connectivity index (χ4n) is 12.4. The zero-order chi connectivity index (χ0) is 59.3. The van der Waals surface area contributed by atoms with Crippen molar-refractivity contribution in [3.63, 3.8) is 0 Å². The summed E-state index contributed by atoms with van der Waals surface area (Å²) in [5.74, 6) is -0.793. The molecule has 20 nitrogen and oxygen atoms in total. The number of allylic oxidation sites excluding steroid dienone is 7. The molecule has 22 heteroatoms. The molecule has 1 saturated carbocycles. The first-order valence-electron chi connectivity index (χ1n) is 28.4. The lowest BCUT2D eigenvalue weighted by molar-refractivity contribution is -0.566. The van der Waals surface area contributed by atoms with E-state index >= 15 is 0 Å². The van der Waals surface area contributed by atoms with Crippen molar-refractivity contribution >= 4 is 66.3 Å². The van der Waals surface area contributed by atoms with Gasteiger partial charge in [0.2, 0.25) is 5.95 Å². The molecule has 4 aliphatic rings. The number of nitrogens with zero attached hydrogens (tertiary/aromatic N) is 5. The molecule has 9 rings (SSSR count). The Kier molecular flexibility index (Phi) is 18.2. The number of amides is 1. The van der Waals surface area contributed by atoms with Crippen LogP contribution in [0.2, 0.25) is 0 Å². The maximum atomic E-state index is 13.5. The van der Waals surface area contributed by atoms with Crippen LogP contribution >= 0.6 is 0 Å². The molecule has 1 fully saturated rings. The van der Waals surface area contributed by atoms with Gasteiger partial charge in [-0.15, -0.1) is 0 Å². The van der Waals surface area contributed by atoms with Gasteiger partial charge in [-0.25, -0.2) is 19.3 Å². The number of carboxylic acid groups (broad SMARTS) is 1. The largest absolute Gasteiger partial charge is 0.480 e. The molecule has 0 spiro atoms. The number of rotatable bonds is 23. The zero-order valence-electron chi connectivity index (χ0n) is 47.3. The van der Waals surface area contributed by atoms with Crippen LogP contribution in [0.15, 0.2) is 131 Å². The number of benzene rings is 3. The van der Waals surface area contributed by atoms with Crippen molar-refractivity contribution in [1.29, 1.82) is 0 Å². The average molecular weight is 1170 g/mol. The normalized spacial score (nSPS) is 20.0. The minimum atomic E-state index is -4.11. The van der Waals surface area contributed by atoms with E-state index in [1.807, 2.05) is 12.1 Å². The number of carbonyl (C=O) groups excluding carboxylic acids is 1. The molecule has 440 valence electrons. The topological polar surface area (TPSA) is 300 Å². The van der Waals surface area contributed by atoms with Crippen LogP contribution in [0.3, 0.4) is 0 Å². The Morgan fingerprint density at radius 1 is 0.880 bits per heavy atom. The van der Waals surface area contributed by atoms with Crippen molar-refractivity contribution in [2.45, 2.75) is 129 Å². The van der Waals surface area contributed by atoms with Gasteiger partial charge in [0, 0.05) is 65.9 Å². The van der Waals surface area contributed by atoms with Crippen molar-refractivity contribution in [2.24, 2.45) is 11.3 Å². The minimum Gasteiger partial charge on any atom is -0.480 e. The Balaban J connectivity index is 0.968. The molecule has 5 aromatic rings. The Morgan fingerprint density at radius 3 is 2.31 bits per heavy atom. The Morgan fingerprint density at radius 2 is 1.59 bits per heavy atom. The summed E-state index contributed by atoms with van der Waals surface area (Å²) in [5, 5.41) is 16.2. The number of anilines is 3. The predicted molar refractivity (Wildman–Crippen MR) is 320 cm³/mol. The summed E-state index contributed by atoms with van der Waals surface area (Å²) in [6.07, 6.45) is 18.6. The molecule has 0 saturated heterocycles. The number of fused-ring (bicyclic) bond motifs is 3. The number of para-hydroxylation sites is 1. The molecule has 4 heterocycles. The van der Waals surface area contributed by atoms with Gasteiger partial charge >= 0.3 is 5.97 Å². The van der Waals surface area contributed by atoms with Crippen LogP contribution in [0, 0.1) is 11.3 Å². The van der Waals surface area contributed by atoms with Gasteiger partial charge in [0.1, 0.15) is 24.1 Å². The fraction of sp³-hybridized carbons (Fsp3) is 0.426. The molecule has 2 aliphatic carbocycles. The molecule has 83 heavy (non-hydrogen) atoms. The first kappa shape index (κ1) is 60.1. The van der Waals surface area contributed by atoms with Gasteiger partial charge in [-0.1, -0.05) is 56.7 Å². The lowest BCUT2D eigenvalue weighted by atomic mass is 9.69. The van der Waals surface area contributed by atoms with Gasteiger partial charge in [-0.05, 0) is 142 Å². The molecule has 3 aromatic carbocycles. The first-order chi connectivity index (χ1) is 39.4. The van der Waals surface area contributed by atoms with E-state index in [9.17, 15) is 45.4 Å². The molecule has 2 aromatic heterocycles. The molecule has 2 unspecified atom stereocenters. The van der Waals surface area contributed by atoms with E-state index in [4.69, 9.17) is 10.5 Å². The van der Waals surface area contributed by atoms with Crippen molar-refractivity contribution in [3.8, 4) is 5.75 Å². The number of H-pyrrole nitrogens is 1. The number of nitrogen functional groups attached to an aromatic ring is 1. The van der Waals surface area contributed by atoms with E-state index < -0.39 is 49.1 Å². The summed E-state index contributed by atoms with van der Waals surface area (Å²) in [6.45, 7) is 10.4. The number of ether oxygens (including phenoxy) is 1. The number of nitrogens with two attached hydrogens (primary N) is 1. The van der Waals surface area contributed by atoms with E-state index in [0.717, 1.165) is 66.6 Å². The van der Waals surface area contributed by atoms with Crippen LogP contribution in [0.5, 0.6) is 5.75 Å². The summed E-state index contributed by atoms with van der Waals surface area (Å²) < 4.78 is 75.0. The summed E-state index contributed by atoms with van der Waals surface area (Å²) >= 11 is 0. The van der Waals surface area contributed by atoms with Crippen molar-refractivity contribution < 1.29 is 49.9 Å². The molecule has 1 amide bonds. The van der Waals surface area contributed by atoms with Crippen LogP contribution in [0.1, 0.15) is 126 Å². The quantitative estimate of drug-likeness (QED) is 0.0183. The number of hydrogen-bond donors (Lipinski definition) is 7. The van der Waals surface area contributed by atoms with Crippen molar-refractivity contribution in [1.82, 2.24) is 25.3 Å². The van der Waals surface area contributed by atoms with Crippen LogP contribution < -0.4 is 31.6 Å². The maximum absolute atomic E-state index is 13.5. The van der Waals surface area contributed by atoms with E-state index in [0.29, 0.717) is 85.6 Å². The number of nitrogens with one attached hydrogen (secondary N) is 3. The Hall–Kier alpha value is -7.53. The van der Waals surface area contributed by atoms with Gasteiger partial charge < -0.3 is 31.1 Å². The lowest BCUT2D eigenvalue weighted by Crippen LogP contribution is -2.42. The van der Waals surface area contributed by atoms with Gasteiger partial charge in [0.25, 0.3) is 31.7 Å². The van der Waals surface area contributed by atoms with Crippen LogP contribution in [-0.2, 0) is 43.4 Å². The van der Waals surface area contributed by atoms with Gasteiger partial charge in [-0.2, -0.15) is 21.8 Å². The number of carboxylic acids is 1. The summed E-state index contributed by atoms with van der Waals surface area (Å²) in [5.41, 5.74) is 13.1. The molecular weight excluding hydrogens is 1100 g/mol. The highest BCUT2D eigenvalue weighted by Crippen LogP contribution is 2.49. The summed E-state index contributed by atoms with van der Waals surface area (Å²) in [6, 6.07) is 20.9. The standard InChI is InChI=1S/C61H73N9O11S2/c1-60(2)46-16-5-7-18-49(46)69(32-9-11-34-82(75,76)77)51(60)30-24-40-14-13-15-41(25-31-52-61(3,4)47-17-6-8-19-50(47)70(52)33-10-12-35-83(78,79)80)54(40)81-45-28-20-39(21-29-45)36-48(58(73)74)66-56(71)42-22-26-43(27-23-42)63-37-44-38-64-55-53(65-44)57(72)68-59(62)67-55/h5,7,16,18,20-31,38,47-48,50H,6,8-15,17,19,32-37H2,1-4H3,(H7-,62,63,64,66,67,68,71,72,73,74,75,76,77,78,79,80)/p+1/t47?,48-,50?/m0/s1. The fourth-order valence-corrected chi connectivity index (χ4v) is 13.5. The molecule has 0 radical (unpaired) electrons. The monoisotopic (exact) mass is 1170 g/mol. The third-order valence-electron chi connectivity index (χ3n) is 16.6. The SMILES string of the molecule is CC1(C)/C(=C\C=C2/CCCC(/C=C/C3=[N+](CCCCS(=O)(=O)O)C4CCCCC4C3(C)C)=C2Oc2ccc(C[C@H](NC(=O)c3ccc(NCc4cnc5nc(N)[nH]c(=O)c5n4)cc3)C(=O)O)cc2)N(CCCCS(=O)(=O)O)c2ccccc21. The first-order valence-corrected chi connectivity index (χ1v) is 31.6. The minimum absolute atomic E-state index is 0.0126. The second kappa shape index (κ2) is 25.1. The van der Waals surface area contributed by atoms with Gasteiger partial charge in [0.05, 0.1) is 35.4 Å². The van der Waals surface area contributed by atoms with Gasteiger partial charge in [0.15, 0.2) is 22.9 Å². The maximum Gasteiger partial charge on any atom is 0.326 e. The third-order valence-corrected chi connectivity index (χ3v) is 18.2. The molecule has 2 aliphatic heterocycles. The number of aromatic amines is 1. The third kappa shape index (κ3) is 14.5. The highest BCUT2D eigenvalue weighted by atomic mass is 32.2. The second-order valence-electron chi connectivity index (χ2n) is 23.1. The van der Waals surface area contributed by atoms with Crippen LogP contribution in [-0.4, -0.2) is 110 Å². The number of unbranched alkanes of at least 4 members (excludes halogenated alkanes) is 2. The van der Waals surface area contributed by atoms with Crippen molar-refractivity contribution in [2.75, 3.05) is 40.5 Å². The molecule has 8 N–H and O–H groups in total. The number of carbonyl (C=O) groups is 2. The predicted octanol–water partition coefficient (Wildman–Crippen LogP) is 8.70. The summed E-state index contributed by atoms with van der Waals surface area (Å²) in [4.78, 5) is 55.6. The number of hydrogen-bond acceptors (Lipinski definition) is 14. The van der Waals surface area contributed by atoms with E-state index in [2.05, 4.69) is 104 Å². The van der Waals surface area contributed by atoms with E-state index in [-0.39, 0.29) is 52.6 Å². The Labute approximate surface area is 484 Å². The van der Waals surface area contributed by atoms with Crippen molar-refractivity contribution in [3.05, 3.63) is 159 Å². The summed E-state index contributed by atoms with van der Waals surface area (Å²) in [7, 11) is -8.18. The highest BCUT2D eigenvalue weighted by molar-refractivity contribution is 7.86. The van der Waals surface area contributed by atoms with Crippen LogP contribution in [0.4, 0.5) is 17.3 Å². The Bertz CT molecular complexity index is 3720. The zero-order valence-corrected chi connectivity index (χ0v) is 48.9. The average Bonchev–Trinajstić information content (AvgIpc) is 3.28. The second-order valence-corrected chi connectivity index (χ2v) is 26.2. The molecular formula is C61H74N9O11S2+. The lowest BCUT2D eigenvalue weighted by Gasteiger charge is -2.30. The molecule has 3 atom stereocenters. The number of aliphatic carboxylic acids is 1. The smallest absolute Gasteiger partial charge is 0.326 e. The molecule has 0 bridgehead atoms. The van der Waals surface area contributed by atoms with Crippen LogP contribution in [0.25, 0.3) is 11.2 Å². The van der Waals surface area contributed by atoms with E-state index in [1.165, 1.54) is 11.9 Å². The van der Waals surface area contributed by atoms with E-state index in [1.54, 1.807) is 48.5 Å².